The van der Waals surface area contributed by atoms with Crippen molar-refractivity contribution >= 4 is 5.69 Å². The van der Waals surface area contributed by atoms with E-state index in [1.165, 1.54) is 12.1 Å². The molecule has 7 nitrogen and oxygen atoms in total. The van der Waals surface area contributed by atoms with Gasteiger partial charge in [0, 0.05) is 18.3 Å². The summed E-state index contributed by atoms with van der Waals surface area (Å²) in [5.74, 6) is 0. The van der Waals surface area contributed by atoms with Gasteiger partial charge in [-0.05, 0) is 24.3 Å². The quantitative estimate of drug-likeness (QED) is 0.536. The highest BCUT2D eigenvalue weighted by atomic mass is 16.6. The lowest BCUT2D eigenvalue weighted by Crippen LogP contribution is -2.00. The number of hydrogen-bond donors (Lipinski definition) is 0. The zero-order valence-electron chi connectivity index (χ0n) is 10.2. The third kappa shape index (κ3) is 2.12. The second-order valence-corrected chi connectivity index (χ2v) is 4.02. The second-order valence-electron chi connectivity index (χ2n) is 4.02. The van der Waals surface area contributed by atoms with Crippen molar-refractivity contribution in [3.05, 3.63) is 65.0 Å². The molecule has 0 unspecified atom stereocenters. The lowest BCUT2D eigenvalue weighted by atomic mass is 10.2. The van der Waals surface area contributed by atoms with Crippen LogP contribution in [0.2, 0.25) is 0 Å². The van der Waals surface area contributed by atoms with Crippen LogP contribution in [0.4, 0.5) is 5.69 Å². The van der Waals surface area contributed by atoms with Crippen molar-refractivity contribution in [1.29, 1.82) is 0 Å². The van der Waals surface area contributed by atoms with E-state index in [-0.39, 0.29) is 5.69 Å². The molecule has 2 aromatic heterocycles. The molecule has 0 radical (unpaired) electrons. The van der Waals surface area contributed by atoms with Gasteiger partial charge < -0.3 is 0 Å². The van der Waals surface area contributed by atoms with Crippen LogP contribution >= 0.6 is 0 Å². The molecular weight excluding hydrogens is 258 g/mol. The monoisotopic (exact) mass is 267 g/mol. The first-order chi connectivity index (χ1) is 9.75. The second kappa shape index (κ2) is 4.88. The molecule has 2 heterocycles. The molecule has 0 bridgehead atoms. The summed E-state index contributed by atoms with van der Waals surface area (Å²) in [6.07, 6.45) is 3.28. The van der Waals surface area contributed by atoms with Crippen LogP contribution < -0.4 is 0 Å². The van der Waals surface area contributed by atoms with Gasteiger partial charge >= 0.3 is 0 Å². The van der Waals surface area contributed by atoms with Crippen LogP contribution in [0, 0.1) is 10.1 Å². The number of pyridine rings is 1. The Morgan fingerprint density at radius 3 is 2.55 bits per heavy atom. The zero-order chi connectivity index (χ0) is 13.9. The summed E-state index contributed by atoms with van der Waals surface area (Å²) in [6, 6.07) is 11.6. The number of rotatable bonds is 3. The topological polar surface area (TPSA) is 86.7 Å². The first-order valence-corrected chi connectivity index (χ1v) is 5.82. The average molecular weight is 267 g/mol. The van der Waals surface area contributed by atoms with E-state index in [0.717, 1.165) is 11.4 Å². The van der Waals surface area contributed by atoms with Crippen molar-refractivity contribution in [1.82, 2.24) is 20.0 Å². The van der Waals surface area contributed by atoms with Crippen LogP contribution in [0.1, 0.15) is 0 Å². The molecule has 0 fully saturated rings. The molecule has 98 valence electrons. The number of nitro benzene ring substituents is 1. The summed E-state index contributed by atoms with van der Waals surface area (Å²) in [5.41, 5.74) is 2.18. The Kier molecular flexibility index (Phi) is 2.92. The highest BCUT2D eigenvalue weighted by molar-refractivity contribution is 5.56. The van der Waals surface area contributed by atoms with Crippen LogP contribution in [-0.2, 0) is 0 Å². The molecule has 20 heavy (non-hydrogen) atoms. The predicted octanol–water partition coefficient (Wildman–Crippen LogP) is 2.24. The maximum absolute atomic E-state index is 10.6. The third-order valence-corrected chi connectivity index (χ3v) is 2.78. The normalized spacial score (nSPS) is 10.4. The molecule has 0 saturated heterocycles. The Bertz CT molecular complexity index is 737. The van der Waals surface area contributed by atoms with Crippen molar-refractivity contribution in [2.24, 2.45) is 0 Å². The largest absolute Gasteiger partial charge is 0.269 e. The number of aromatic nitrogens is 4. The minimum atomic E-state index is -0.440. The molecule has 1 aromatic carbocycles. The van der Waals surface area contributed by atoms with Crippen molar-refractivity contribution in [3.63, 3.8) is 0 Å². The van der Waals surface area contributed by atoms with Crippen LogP contribution in [0.25, 0.3) is 17.1 Å². The molecule has 0 saturated carbocycles. The Morgan fingerprint density at radius 2 is 1.90 bits per heavy atom. The summed E-state index contributed by atoms with van der Waals surface area (Å²) >= 11 is 0. The molecule has 0 atom stereocenters. The van der Waals surface area contributed by atoms with Crippen LogP contribution in [0.3, 0.4) is 0 Å². The summed E-state index contributed by atoms with van der Waals surface area (Å²) in [4.78, 5) is 14.5. The Labute approximate surface area is 113 Å². The smallest absolute Gasteiger partial charge is 0.258 e. The average Bonchev–Trinajstić information content (AvgIpc) is 2.97. The molecule has 0 aliphatic rings. The lowest BCUT2D eigenvalue weighted by molar-refractivity contribution is -0.384. The van der Waals surface area contributed by atoms with Gasteiger partial charge in [0.05, 0.1) is 22.5 Å². The molecule has 0 aliphatic carbocycles. The fraction of sp³-hybridized carbons (Fsp3) is 0. The Balaban J connectivity index is 2.04. The number of non-ortho nitro benzene ring substituents is 1. The maximum atomic E-state index is 10.6. The summed E-state index contributed by atoms with van der Waals surface area (Å²) in [6.45, 7) is 0. The Hall–Kier alpha value is -3.09. The van der Waals surface area contributed by atoms with E-state index in [0.29, 0.717) is 5.69 Å². The van der Waals surface area contributed by atoms with Gasteiger partial charge in [-0.25, -0.2) is 4.68 Å². The molecule has 3 rings (SSSR count). The molecule has 3 aromatic rings. The number of nitro groups is 1. The number of benzene rings is 1. The van der Waals surface area contributed by atoms with Crippen molar-refractivity contribution in [3.8, 4) is 17.1 Å². The van der Waals surface area contributed by atoms with Gasteiger partial charge in [0.2, 0.25) is 0 Å². The van der Waals surface area contributed by atoms with Crippen LogP contribution in [-0.4, -0.2) is 24.9 Å². The van der Waals surface area contributed by atoms with Crippen molar-refractivity contribution < 1.29 is 4.92 Å². The standard InChI is InChI=1S/C13H9N5O2/c19-18(20)11-6-4-10(5-7-11)17-13(9-15-16-17)12-3-1-2-8-14-12/h1-9H. The summed E-state index contributed by atoms with van der Waals surface area (Å²) in [5, 5.41) is 18.5. The molecule has 7 heteroatoms. The Morgan fingerprint density at radius 1 is 1.10 bits per heavy atom. The van der Waals surface area contributed by atoms with Crippen LogP contribution in [0.5, 0.6) is 0 Å². The maximum Gasteiger partial charge on any atom is 0.269 e. The van der Waals surface area contributed by atoms with Crippen molar-refractivity contribution in [2.45, 2.75) is 0 Å². The van der Waals surface area contributed by atoms with Gasteiger partial charge in [-0.15, -0.1) is 5.10 Å². The van der Waals surface area contributed by atoms with Gasteiger partial charge in [0.15, 0.2) is 0 Å². The SMILES string of the molecule is O=[N+]([O-])c1ccc(-n2nncc2-c2ccccn2)cc1. The first kappa shape index (κ1) is 12.0. The fourth-order valence-corrected chi connectivity index (χ4v) is 1.83. The highest BCUT2D eigenvalue weighted by Gasteiger charge is 2.11. The molecule has 0 amide bonds. The number of nitrogens with zero attached hydrogens (tertiary/aromatic N) is 5. The van der Waals surface area contributed by atoms with E-state index in [4.69, 9.17) is 0 Å². The fourth-order valence-electron chi connectivity index (χ4n) is 1.83. The van der Waals surface area contributed by atoms with E-state index >= 15 is 0 Å². The molecule has 0 aliphatic heterocycles. The van der Waals surface area contributed by atoms with E-state index in [1.807, 2.05) is 18.2 Å². The van der Waals surface area contributed by atoms with Gasteiger partial charge in [-0.3, -0.25) is 15.1 Å². The van der Waals surface area contributed by atoms with E-state index in [2.05, 4.69) is 15.3 Å². The zero-order valence-corrected chi connectivity index (χ0v) is 10.2. The van der Waals surface area contributed by atoms with Gasteiger partial charge in [0.25, 0.3) is 5.69 Å². The molecule has 0 spiro atoms. The van der Waals surface area contributed by atoms with Crippen LogP contribution in [0.15, 0.2) is 54.9 Å². The third-order valence-electron chi connectivity index (χ3n) is 2.78. The summed E-state index contributed by atoms with van der Waals surface area (Å²) < 4.78 is 1.59. The highest BCUT2D eigenvalue weighted by Crippen LogP contribution is 2.20. The van der Waals surface area contributed by atoms with Crippen molar-refractivity contribution in [2.75, 3.05) is 0 Å². The number of hydrogen-bond acceptors (Lipinski definition) is 5. The minimum Gasteiger partial charge on any atom is -0.258 e. The summed E-state index contributed by atoms with van der Waals surface area (Å²) in [7, 11) is 0. The van der Waals surface area contributed by atoms with Gasteiger partial charge in [-0.1, -0.05) is 11.3 Å². The van der Waals surface area contributed by atoms with E-state index in [9.17, 15) is 10.1 Å². The van der Waals surface area contributed by atoms with Gasteiger partial charge in [-0.2, -0.15) is 0 Å². The van der Waals surface area contributed by atoms with E-state index in [1.54, 1.807) is 29.2 Å². The van der Waals surface area contributed by atoms with E-state index < -0.39 is 4.92 Å². The lowest BCUT2D eigenvalue weighted by Gasteiger charge is -2.05. The first-order valence-electron chi connectivity index (χ1n) is 5.82. The predicted molar refractivity (Wildman–Crippen MR) is 71.2 cm³/mol. The minimum absolute atomic E-state index is 0.0354. The van der Waals surface area contributed by atoms with Gasteiger partial charge in [0.1, 0.15) is 5.69 Å². The molecule has 0 N–H and O–H groups in total. The molecular formula is C13H9N5O2.